The molecule has 0 aliphatic carbocycles. The second kappa shape index (κ2) is 7.75. The number of carbonyl (C=O) groups is 1. The summed E-state index contributed by atoms with van der Waals surface area (Å²) in [6, 6.07) is 14.4. The topological polar surface area (TPSA) is 127 Å². The Morgan fingerprint density at radius 1 is 1.16 bits per heavy atom. The van der Waals surface area contributed by atoms with Crippen LogP contribution < -0.4 is 15.8 Å². The summed E-state index contributed by atoms with van der Waals surface area (Å²) < 4.78 is 22.7. The van der Waals surface area contributed by atoms with Crippen molar-refractivity contribution in [2.24, 2.45) is 5.14 Å². The van der Waals surface area contributed by atoms with Crippen molar-refractivity contribution in [2.75, 3.05) is 11.9 Å². The summed E-state index contributed by atoms with van der Waals surface area (Å²) in [6.07, 6.45) is 1.65. The van der Waals surface area contributed by atoms with Gasteiger partial charge in [0.1, 0.15) is 0 Å². The van der Waals surface area contributed by atoms with E-state index in [0.29, 0.717) is 35.0 Å². The molecule has 160 valence electrons. The Morgan fingerprint density at radius 2 is 1.97 bits per heavy atom. The van der Waals surface area contributed by atoms with E-state index in [1.54, 1.807) is 36.5 Å². The molecule has 4 rings (SSSR count). The van der Waals surface area contributed by atoms with Crippen LogP contribution in [0, 0.1) is 0 Å². The summed E-state index contributed by atoms with van der Waals surface area (Å²) in [5, 5.41) is 11.2. The number of primary sulfonamides is 1. The lowest BCUT2D eigenvalue weighted by atomic mass is 9.78. The first kappa shape index (κ1) is 21.0. The van der Waals surface area contributed by atoms with Gasteiger partial charge in [0.15, 0.2) is 0 Å². The zero-order chi connectivity index (χ0) is 22.2. The minimum absolute atomic E-state index is 0.0645. The second-order valence-corrected chi connectivity index (χ2v) is 9.84. The van der Waals surface area contributed by atoms with Crippen LogP contribution in [0.3, 0.4) is 0 Å². The smallest absolute Gasteiger partial charge is 0.251 e. The van der Waals surface area contributed by atoms with Crippen LogP contribution in [0.25, 0.3) is 11.3 Å². The van der Waals surface area contributed by atoms with E-state index >= 15 is 0 Å². The van der Waals surface area contributed by atoms with Crippen molar-refractivity contribution in [2.45, 2.75) is 25.0 Å². The summed E-state index contributed by atoms with van der Waals surface area (Å²) in [5.41, 5.74) is 4.30. The molecular formula is C22H23N5O3S. The molecule has 4 N–H and O–H groups in total. The average molecular weight is 438 g/mol. The number of fused-ring (bicyclic) bond motifs is 1. The molecule has 0 radical (unpaired) electrons. The maximum atomic E-state index is 12.2. The first-order valence-corrected chi connectivity index (χ1v) is 11.4. The van der Waals surface area contributed by atoms with Gasteiger partial charge in [-0.3, -0.25) is 4.79 Å². The van der Waals surface area contributed by atoms with E-state index < -0.39 is 10.0 Å². The minimum Gasteiger partial charge on any atom is -0.351 e. The molecule has 0 bridgehead atoms. The maximum Gasteiger partial charge on any atom is 0.251 e. The molecule has 8 nitrogen and oxygen atoms in total. The summed E-state index contributed by atoms with van der Waals surface area (Å²) in [4.78, 5) is 21.1. The van der Waals surface area contributed by atoms with E-state index in [9.17, 15) is 13.2 Å². The number of hydrogen-bond acceptors (Lipinski definition) is 6. The van der Waals surface area contributed by atoms with Gasteiger partial charge >= 0.3 is 0 Å². The molecule has 31 heavy (non-hydrogen) atoms. The van der Waals surface area contributed by atoms with Crippen LogP contribution in [0.4, 0.5) is 11.6 Å². The van der Waals surface area contributed by atoms with Gasteiger partial charge in [-0.1, -0.05) is 32.0 Å². The van der Waals surface area contributed by atoms with Gasteiger partial charge in [0, 0.05) is 35.0 Å². The highest BCUT2D eigenvalue weighted by molar-refractivity contribution is 7.88. The fourth-order valence-corrected chi connectivity index (χ4v) is 4.28. The van der Waals surface area contributed by atoms with E-state index in [1.165, 1.54) is 0 Å². The molecule has 0 unspecified atom stereocenters. The Hall–Kier alpha value is -3.30. The number of nitrogens with one attached hydrogen (secondary N) is 2. The number of rotatable bonds is 5. The third-order valence-electron chi connectivity index (χ3n) is 5.19. The molecule has 1 aliphatic rings. The summed E-state index contributed by atoms with van der Waals surface area (Å²) >= 11 is 0. The standard InChI is InChI=1S/C22H23N5O3S/c1-22(2)13-25-20(28)17-7-6-15(11-18(17)22)19-8-9-24-21(27-19)26-16-5-3-4-14(10-16)12-31(23,29)30/h3-11H,12-13H2,1-2H3,(H,25,28)(H2,23,29,30)(H,24,26,27). The van der Waals surface area contributed by atoms with Gasteiger partial charge in [-0.05, 0) is 41.5 Å². The van der Waals surface area contributed by atoms with E-state index in [2.05, 4.69) is 34.4 Å². The fourth-order valence-electron chi connectivity index (χ4n) is 3.63. The van der Waals surface area contributed by atoms with E-state index in [4.69, 9.17) is 5.14 Å². The largest absolute Gasteiger partial charge is 0.351 e. The van der Waals surface area contributed by atoms with Gasteiger partial charge in [-0.25, -0.2) is 23.5 Å². The fraction of sp³-hybridized carbons (Fsp3) is 0.227. The van der Waals surface area contributed by atoms with Crippen LogP contribution in [-0.4, -0.2) is 30.8 Å². The summed E-state index contributed by atoms with van der Waals surface area (Å²) in [7, 11) is -3.62. The average Bonchev–Trinajstić information content (AvgIpc) is 2.70. The van der Waals surface area contributed by atoms with Crippen LogP contribution in [0.2, 0.25) is 0 Å². The Labute approximate surface area is 181 Å². The highest BCUT2D eigenvalue weighted by atomic mass is 32.2. The third-order valence-corrected chi connectivity index (χ3v) is 5.92. The predicted octanol–water partition coefficient (Wildman–Crippen LogP) is 2.70. The lowest BCUT2D eigenvalue weighted by Gasteiger charge is -2.32. The highest BCUT2D eigenvalue weighted by Crippen LogP contribution is 2.33. The highest BCUT2D eigenvalue weighted by Gasteiger charge is 2.31. The van der Waals surface area contributed by atoms with E-state index in [1.807, 2.05) is 18.2 Å². The molecule has 0 fully saturated rings. The molecule has 9 heteroatoms. The lowest BCUT2D eigenvalue weighted by molar-refractivity contribution is 0.0930. The molecule has 2 heterocycles. The summed E-state index contributed by atoms with van der Waals surface area (Å²) in [5.74, 6) is 0.0623. The molecular weight excluding hydrogens is 414 g/mol. The minimum atomic E-state index is -3.62. The Bertz CT molecular complexity index is 1270. The van der Waals surface area contributed by atoms with Gasteiger partial charge < -0.3 is 10.6 Å². The van der Waals surface area contributed by atoms with Crippen LogP contribution >= 0.6 is 0 Å². The molecule has 1 amide bonds. The second-order valence-electron chi connectivity index (χ2n) is 8.22. The molecule has 1 aromatic heterocycles. The molecule has 1 aliphatic heterocycles. The van der Waals surface area contributed by atoms with Crippen LogP contribution in [0.1, 0.15) is 35.3 Å². The first-order valence-electron chi connectivity index (χ1n) is 9.73. The lowest BCUT2D eigenvalue weighted by Crippen LogP contribution is -2.43. The Balaban J connectivity index is 1.63. The number of carbonyl (C=O) groups excluding carboxylic acids is 1. The molecule has 3 aromatic rings. The monoisotopic (exact) mass is 437 g/mol. The summed E-state index contributed by atoms with van der Waals surface area (Å²) in [6.45, 7) is 4.76. The van der Waals surface area contributed by atoms with Crippen molar-refractivity contribution >= 4 is 27.6 Å². The number of nitrogens with two attached hydrogens (primary N) is 1. The van der Waals surface area contributed by atoms with Crippen molar-refractivity contribution in [1.29, 1.82) is 0 Å². The van der Waals surface area contributed by atoms with Crippen molar-refractivity contribution < 1.29 is 13.2 Å². The Kier molecular flexibility index (Phi) is 5.24. The quantitative estimate of drug-likeness (QED) is 0.563. The number of sulfonamides is 1. The number of benzene rings is 2. The predicted molar refractivity (Wildman–Crippen MR) is 119 cm³/mol. The zero-order valence-electron chi connectivity index (χ0n) is 17.2. The molecule has 2 aromatic carbocycles. The third kappa shape index (κ3) is 4.73. The molecule has 0 spiro atoms. The van der Waals surface area contributed by atoms with E-state index in [0.717, 1.165) is 11.1 Å². The Morgan fingerprint density at radius 3 is 2.74 bits per heavy atom. The molecule has 0 saturated heterocycles. The van der Waals surface area contributed by atoms with Gasteiger partial charge in [0.05, 0.1) is 11.4 Å². The zero-order valence-corrected chi connectivity index (χ0v) is 18.0. The maximum absolute atomic E-state index is 12.2. The van der Waals surface area contributed by atoms with E-state index in [-0.39, 0.29) is 17.1 Å². The van der Waals surface area contributed by atoms with Crippen LogP contribution in [0.5, 0.6) is 0 Å². The normalized spacial score (nSPS) is 15.1. The molecule has 0 saturated carbocycles. The number of hydrogen-bond donors (Lipinski definition) is 3. The van der Waals surface area contributed by atoms with Crippen molar-refractivity contribution in [1.82, 2.24) is 15.3 Å². The van der Waals surface area contributed by atoms with Gasteiger partial charge in [0.25, 0.3) is 5.91 Å². The van der Waals surface area contributed by atoms with Crippen molar-refractivity contribution in [3.63, 3.8) is 0 Å². The number of amides is 1. The van der Waals surface area contributed by atoms with Crippen LogP contribution in [-0.2, 0) is 21.2 Å². The van der Waals surface area contributed by atoms with Crippen molar-refractivity contribution in [3.05, 3.63) is 71.4 Å². The van der Waals surface area contributed by atoms with Gasteiger partial charge in [-0.15, -0.1) is 0 Å². The van der Waals surface area contributed by atoms with Crippen LogP contribution in [0.15, 0.2) is 54.7 Å². The number of anilines is 2. The van der Waals surface area contributed by atoms with Gasteiger partial charge in [-0.2, -0.15) is 0 Å². The van der Waals surface area contributed by atoms with Crippen molar-refractivity contribution in [3.8, 4) is 11.3 Å². The molecule has 0 atom stereocenters. The number of nitrogens with zero attached hydrogens (tertiary/aromatic N) is 2. The SMILES string of the molecule is CC1(C)CNC(=O)c2ccc(-c3ccnc(Nc4cccc(CS(N)(=O)=O)c4)n3)cc21. The first-order chi connectivity index (χ1) is 14.6. The number of aromatic nitrogens is 2. The van der Waals surface area contributed by atoms with Gasteiger partial charge in [0.2, 0.25) is 16.0 Å².